The number of carbonyl (C=O) groups is 2. The molecule has 0 aromatic heterocycles. The zero-order chi connectivity index (χ0) is 18.6. The highest BCUT2D eigenvalue weighted by molar-refractivity contribution is 9.10. The van der Waals surface area contributed by atoms with Crippen LogP contribution in [-0.4, -0.2) is 51.4 Å². The molecule has 0 bridgehead atoms. The molecule has 1 N–H and O–H groups in total. The van der Waals surface area contributed by atoms with Gasteiger partial charge in [-0.05, 0) is 25.1 Å². The smallest absolute Gasteiger partial charge is 0.337 e. The Balaban J connectivity index is 2.57. The molecule has 7 nitrogen and oxygen atoms in total. The van der Waals surface area contributed by atoms with Gasteiger partial charge in [0.15, 0.2) is 0 Å². The van der Waals surface area contributed by atoms with Crippen LogP contribution in [0.25, 0.3) is 0 Å². The summed E-state index contributed by atoms with van der Waals surface area (Å²) in [5.41, 5.74) is 1.55. The number of urea groups is 1. The van der Waals surface area contributed by atoms with Crippen LogP contribution in [0, 0.1) is 0 Å². The molecule has 0 saturated heterocycles. The SMILES string of the molecule is COCCN1C(=O)NC(c2cc(Br)ccc2OC)C(C(=O)OC)=C1C. The van der Waals surface area contributed by atoms with E-state index < -0.39 is 12.0 Å². The summed E-state index contributed by atoms with van der Waals surface area (Å²) in [6.07, 6.45) is 0. The molecule has 1 heterocycles. The summed E-state index contributed by atoms with van der Waals surface area (Å²) in [5.74, 6) is 0.0555. The minimum Gasteiger partial charge on any atom is -0.496 e. The summed E-state index contributed by atoms with van der Waals surface area (Å²) in [4.78, 5) is 26.5. The molecule has 0 spiro atoms. The Morgan fingerprint density at radius 3 is 2.64 bits per heavy atom. The van der Waals surface area contributed by atoms with E-state index in [-0.39, 0.29) is 6.03 Å². The lowest BCUT2D eigenvalue weighted by Crippen LogP contribution is -2.49. The van der Waals surface area contributed by atoms with Gasteiger partial charge in [-0.15, -0.1) is 0 Å². The molecule has 1 aliphatic heterocycles. The average molecular weight is 413 g/mol. The summed E-state index contributed by atoms with van der Waals surface area (Å²) in [6.45, 7) is 2.40. The molecule has 136 valence electrons. The van der Waals surface area contributed by atoms with Gasteiger partial charge in [-0.3, -0.25) is 4.90 Å². The van der Waals surface area contributed by atoms with Crippen LogP contribution in [0.1, 0.15) is 18.5 Å². The van der Waals surface area contributed by atoms with Crippen LogP contribution in [0.5, 0.6) is 5.75 Å². The fourth-order valence-corrected chi connectivity index (χ4v) is 3.15. The molecule has 0 fully saturated rings. The Labute approximate surface area is 155 Å². The number of halogens is 1. The predicted octanol–water partition coefficient (Wildman–Crippen LogP) is 2.62. The first-order valence-electron chi connectivity index (χ1n) is 7.64. The van der Waals surface area contributed by atoms with Crippen molar-refractivity contribution in [1.29, 1.82) is 0 Å². The van der Waals surface area contributed by atoms with Crippen molar-refractivity contribution in [2.24, 2.45) is 0 Å². The fraction of sp³-hybridized carbons (Fsp3) is 0.412. The highest BCUT2D eigenvalue weighted by Crippen LogP contribution is 2.37. The van der Waals surface area contributed by atoms with Crippen LogP contribution in [0.15, 0.2) is 33.9 Å². The van der Waals surface area contributed by atoms with E-state index in [1.807, 2.05) is 12.1 Å². The highest BCUT2D eigenvalue weighted by atomic mass is 79.9. The van der Waals surface area contributed by atoms with E-state index in [0.29, 0.717) is 35.7 Å². The van der Waals surface area contributed by atoms with Crippen molar-refractivity contribution >= 4 is 27.9 Å². The molecular weight excluding hydrogens is 392 g/mol. The third-order valence-electron chi connectivity index (χ3n) is 4.02. The van der Waals surface area contributed by atoms with Gasteiger partial charge in [0.05, 0.1) is 39.0 Å². The lowest BCUT2D eigenvalue weighted by atomic mass is 9.94. The number of nitrogens with zero attached hydrogens (tertiary/aromatic N) is 1. The van der Waals surface area contributed by atoms with Gasteiger partial charge in [-0.2, -0.15) is 0 Å². The molecular formula is C17H21BrN2O5. The number of amides is 2. The fourth-order valence-electron chi connectivity index (χ4n) is 2.77. The molecule has 1 unspecified atom stereocenters. The first-order valence-corrected chi connectivity index (χ1v) is 8.43. The van der Waals surface area contributed by atoms with Crippen LogP contribution < -0.4 is 10.1 Å². The first kappa shape index (κ1) is 19.3. The molecule has 0 radical (unpaired) electrons. The first-order chi connectivity index (χ1) is 11.9. The number of hydrogen-bond acceptors (Lipinski definition) is 5. The second kappa shape index (κ2) is 8.35. The van der Waals surface area contributed by atoms with Crippen molar-refractivity contribution in [3.05, 3.63) is 39.5 Å². The van der Waals surface area contributed by atoms with E-state index in [2.05, 4.69) is 21.2 Å². The zero-order valence-corrected chi connectivity index (χ0v) is 16.2. The number of esters is 1. The van der Waals surface area contributed by atoms with E-state index in [4.69, 9.17) is 14.2 Å². The van der Waals surface area contributed by atoms with Crippen molar-refractivity contribution in [2.45, 2.75) is 13.0 Å². The van der Waals surface area contributed by atoms with Gasteiger partial charge in [0.2, 0.25) is 0 Å². The van der Waals surface area contributed by atoms with Crippen LogP contribution >= 0.6 is 15.9 Å². The quantitative estimate of drug-likeness (QED) is 0.726. The summed E-state index contributed by atoms with van der Waals surface area (Å²) in [7, 11) is 4.40. The Morgan fingerprint density at radius 2 is 2.04 bits per heavy atom. The number of ether oxygens (including phenoxy) is 3. The van der Waals surface area contributed by atoms with Crippen molar-refractivity contribution in [1.82, 2.24) is 10.2 Å². The molecule has 8 heteroatoms. The second-order valence-corrected chi connectivity index (χ2v) is 6.32. The Bertz CT molecular complexity index is 704. The van der Waals surface area contributed by atoms with Crippen LogP contribution in [0.4, 0.5) is 4.79 Å². The van der Waals surface area contributed by atoms with E-state index >= 15 is 0 Å². The minimum absolute atomic E-state index is 0.311. The standard InChI is InChI=1S/C17H21BrN2O5/c1-10-14(16(21)25-4)15(19-17(22)20(10)7-8-23-2)12-9-11(18)5-6-13(12)24-3/h5-6,9,15H,7-8H2,1-4H3,(H,19,22). The molecule has 1 atom stereocenters. The van der Waals surface area contributed by atoms with Gasteiger partial charge in [0.25, 0.3) is 0 Å². The van der Waals surface area contributed by atoms with Crippen molar-refractivity contribution in [2.75, 3.05) is 34.5 Å². The Hall–Kier alpha value is -2.06. The Morgan fingerprint density at radius 1 is 1.32 bits per heavy atom. The van der Waals surface area contributed by atoms with Crippen LogP contribution in [0.3, 0.4) is 0 Å². The largest absolute Gasteiger partial charge is 0.496 e. The van der Waals surface area contributed by atoms with E-state index in [0.717, 1.165) is 4.47 Å². The molecule has 2 rings (SSSR count). The third-order valence-corrected chi connectivity index (χ3v) is 4.52. The van der Waals surface area contributed by atoms with Gasteiger partial charge < -0.3 is 19.5 Å². The molecule has 2 amide bonds. The number of benzene rings is 1. The maximum atomic E-state index is 12.6. The maximum Gasteiger partial charge on any atom is 0.337 e. The number of hydrogen-bond donors (Lipinski definition) is 1. The van der Waals surface area contributed by atoms with Gasteiger partial charge in [0.1, 0.15) is 5.75 Å². The summed E-state index contributed by atoms with van der Waals surface area (Å²) in [5, 5.41) is 2.86. The normalized spacial score (nSPS) is 17.4. The maximum absolute atomic E-state index is 12.6. The lowest BCUT2D eigenvalue weighted by molar-refractivity contribution is -0.136. The van der Waals surface area contributed by atoms with Gasteiger partial charge in [0, 0.05) is 22.8 Å². The third kappa shape index (κ3) is 3.96. The topological polar surface area (TPSA) is 77.1 Å². The second-order valence-electron chi connectivity index (χ2n) is 5.40. The van der Waals surface area contributed by atoms with Crippen LogP contribution in [0.2, 0.25) is 0 Å². The van der Waals surface area contributed by atoms with Crippen molar-refractivity contribution in [3.63, 3.8) is 0 Å². The molecule has 0 aliphatic carbocycles. The monoisotopic (exact) mass is 412 g/mol. The molecule has 25 heavy (non-hydrogen) atoms. The zero-order valence-electron chi connectivity index (χ0n) is 14.6. The number of carbonyl (C=O) groups excluding carboxylic acids is 2. The number of nitrogens with one attached hydrogen (secondary N) is 1. The molecule has 1 aliphatic rings. The molecule has 1 aromatic carbocycles. The highest BCUT2D eigenvalue weighted by Gasteiger charge is 2.37. The molecule has 0 saturated carbocycles. The summed E-state index contributed by atoms with van der Waals surface area (Å²) >= 11 is 3.42. The Kier molecular flexibility index (Phi) is 6.44. The van der Waals surface area contributed by atoms with Crippen molar-refractivity contribution in [3.8, 4) is 5.75 Å². The van der Waals surface area contributed by atoms with E-state index in [9.17, 15) is 9.59 Å². The van der Waals surface area contributed by atoms with E-state index in [1.165, 1.54) is 19.1 Å². The predicted molar refractivity (Wildman–Crippen MR) is 95.3 cm³/mol. The average Bonchev–Trinajstić information content (AvgIpc) is 2.60. The minimum atomic E-state index is -0.675. The number of rotatable bonds is 6. The number of allylic oxidation sites excluding steroid dienone is 1. The molecule has 1 aromatic rings. The van der Waals surface area contributed by atoms with E-state index in [1.54, 1.807) is 20.1 Å². The lowest BCUT2D eigenvalue weighted by Gasteiger charge is -2.35. The van der Waals surface area contributed by atoms with Gasteiger partial charge in [-0.1, -0.05) is 15.9 Å². The van der Waals surface area contributed by atoms with Gasteiger partial charge >= 0.3 is 12.0 Å². The number of methoxy groups -OCH3 is 3. The van der Waals surface area contributed by atoms with Gasteiger partial charge in [-0.25, -0.2) is 9.59 Å². The summed E-state index contributed by atoms with van der Waals surface area (Å²) < 4.78 is 16.2. The van der Waals surface area contributed by atoms with Crippen LogP contribution in [-0.2, 0) is 14.3 Å². The van der Waals surface area contributed by atoms with Crippen molar-refractivity contribution < 1.29 is 23.8 Å². The summed E-state index contributed by atoms with van der Waals surface area (Å²) in [6, 6.07) is 4.42.